The zero-order chi connectivity index (χ0) is 14.8. The second kappa shape index (κ2) is 4.07. The number of rotatable bonds is 2. The van der Waals surface area contributed by atoms with Crippen molar-refractivity contribution in [3.63, 3.8) is 0 Å². The van der Waals surface area contributed by atoms with Crippen molar-refractivity contribution in [2.75, 3.05) is 0 Å². The lowest BCUT2D eigenvalue weighted by Crippen LogP contribution is -2.47. The molecule has 1 amide bonds. The van der Waals surface area contributed by atoms with Gasteiger partial charge in [0.25, 0.3) is 5.91 Å². The Balaban J connectivity index is 1.51. The van der Waals surface area contributed by atoms with Gasteiger partial charge < -0.3 is 16.0 Å². The molecule has 0 radical (unpaired) electrons. The molecule has 4 rings (SSSR count). The van der Waals surface area contributed by atoms with Crippen molar-refractivity contribution in [1.82, 2.24) is 10.3 Å². The molecular weight excluding hydrogens is 269 g/mol. The molecule has 21 heavy (non-hydrogen) atoms. The number of nitrogens with two attached hydrogens (primary N) is 1. The zero-order valence-electron chi connectivity index (χ0n) is 11.9. The molecule has 2 saturated carbocycles. The summed E-state index contributed by atoms with van der Waals surface area (Å²) in [6.45, 7) is 1.72. The van der Waals surface area contributed by atoms with Crippen LogP contribution in [0.3, 0.4) is 0 Å². The standard InChI is InChI=1S/C16H18FN3O/c1-8-10-4-13(20-12(10)3-2-11(8)17)15(21)19-9-5-16(6-9)7-14(16)18/h2-4,9,14,20H,5-7,18H2,1H3,(H,19,21). The smallest absolute Gasteiger partial charge is 0.267 e. The fraction of sp³-hybridized carbons (Fsp3) is 0.438. The number of amides is 1. The summed E-state index contributed by atoms with van der Waals surface area (Å²) in [7, 11) is 0. The van der Waals surface area contributed by atoms with Crippen molar-refractivity contribution in [2.24, 2.45) is 11.1 Å². The largest absolute Gasteiger partial charge is 0.351 e. The van der Waals surface area contributed by atoms with Crippen LogP contribution in [0.2, 0.25) is 0 Å². The van der Waals surface area contributed by atoms with Crippen LogP contribution in [0.5, 0.6) is 0 Å². The monoisotopic (exact) mass is 287 g/mol. The summed E-state index contributed by atoms with van der Waals surface area (Å²) in [5.41, 5.74) is 8.05. The highest BCUT2D eigenvalue weighted by Crippen LogP contribution is 2.59. The summed E-state index contributed by atoms with van der Waals surface area (Å²) >= 11 is 0. The number of carbonyl (C=O) groups excluding carboxylic acids is 1. The molecule has 4 nitrogen and oxygen atoms in total. The number of halogens is 1. The molecule has 4 N–H and O–H groups in total. The second-order valence-corrected chi connectivity index (χ2v) is 6.57. The van der Waals surface area contributed by atoms with Gasteiger partial charge in [0.2, 0.25) is 0 Å². The maximum absolute atomic E-state index is 13.5. The normalized spacial score (nSPS) is 30.4. The van der Waals surface area contributed by atoms with E-state index in [4.69, 9.17) is 5.73 Å². The van der Waals surface area contributed by atoms with Crippen molar-refractivity contribution in [2.45, 2.75) is 38.3 Å². The third-order valence-corrected chi connectivity index (χ3v) is 5.15. The summed E-state index contributed by atoms with van der Waals surface area (Å²) < 4.78 is 13.5. The van der Waals surface area contributed by atoms with Gasteiger partial charge in [-0.05, 0) is 55.4 Å². The first-order valence-corrected chi connectivity index (χ1v) is 7.33. The van der Waals surface area contributed by atoms with Crippen LogP contribution >= 0.6 is 0 Å². The first-order chi connectivity index (χ1) is 9.98. The minimum atomic E-state index is -0.253. The van der Waals surface area contributed by atoms with Crippen LogP contribution in [-0.4, -0.2) is 23.0 Å². The highest BCUT2D eigenvalue weighted by molar-refractivity contribution is 5.99. The minimum Gasteiger partial charge on any atom is -0.351 e. The van der Waals surface area contributed by atoms with Gasteiger partial charge in [0.15, 0.2) is 0 Å². The Morgan fingerprint density at radius 3 is 2.81 bits per heavy atom. The fourth-order valence-electron chi connectivity index (χ4n) is 3.58. The average molecular weight is 287 g/mol. The summed E-state index contributed by atoms with van der Waals surface area (Å²) in [5.74, 6) is -0.378. The molecule has 2 aliphatic rings. The number of H-pyrrole nitrogens is 1. The molecule has 1 heterocycles. The van der Waals surface area contributed by atoms with E-state index in [1.807, 2.05) is 0 Å². The Kier molecular flexibility index (Phi) is 2.49. The van der Waals surface area contributed by atoms with E-state index in [0.717, 1.165) is 30.2 Å². The van der Waals surface area contributed by atoms with Crippen LogP contribution in [0.4, 0.5) is 4.39 Å². The van der Waals surface area contributed by atoms with Crippen molar-refractivity contribution in [3.8, 4) is 0 Å². The Morgan fingerprint density at radius 2 is 2.14 bits per heavy atom. The van der Waals surface area contributed by atoms with Gasteiger partial charge in [0.05, 0.1) is 0 Å². The van der Waals surface area contributed by atoms with Crippen molar-refractivity contribution in [1.29, 1.82) is 0 Å². The summed E-state index contributed by atoms with van der Waals surface area (Å²) in [4.78, 5) is 15.3. The molecule has 1 unspecified atom stereocenters. The van der Waals surface area contributed by atoms with E-state index >= 15 is 0 Å². The molecule has 1 atom stereocenters. The number of aryl methyl sites for hydroxylation is 1. The summed E-state index contributed by atoms with van der Waals surface area (Å²) in [6.07, 6.45) is 3.05. The van der Waals surface area contributed by atoms with Crippen molar-refractivity contribution < 1.29 is 9.18 Å². The van der Waals surface area contributed by atoms with E-state index in [0.29, 0.717) is 22.7 Å². The SMILES string of the molecule is Cc1c(F)ccc2[nH]c(C(=O)NC3CC4(C3)CC4N)cc12. The van der Waals surface area contributed by atoms with Crippen LogP contribution in [0, 0.1) is 18.2 Å². The van der Waals surface area contributed by atoms with Crippen molar-refractivity contribution >= 4 is 16.8 Å². The average Bonchev–Trinajstić information content (AvgIpc) is 2.89. The van der Waals surface area contributed by atoms with E-state index in [9.17, 15) is 9.18 Å². The van der Waals surface area contributed by atoms with Gasteiger partial charge in [-0.25, -0.2) is 4.39 Å². The van der Waals surface area contributed by atoms with Gasteiger partial charge in [-0.3, -0.25) is 4.79 Å². The highest BCUT2D eigenvalue weighted by Gasteiger charge is 2.60. The molecule has 1 spiro atoms. The first kappa shape index (κ1) is 12.8. The lowest BCUT2D eigenvalue weighted by Gasteiger charge is -2.36. The van der Waals surface area contributed by atoms with E-state index in [2.05, 4.69) is 10.3 Å². The lowest BCUT2D eigenvalue weighted by atomic mass is 9.76. The molecule has 110 valence electrons. The predicted molar refractivity (Wildman–Crippen MR) is 78.5 cm³/mol. The third-order valence-electron chi connectivity index (χ3n) is 5.15. The molecule has 0 saturated heterocycles. The number of aromatic nitrogens is 1. The van der Waals surface area contributed by atoms with Crippen LogP contribution in [0.25, 0.3) is 10.9 Å². The summed E-state index contributed by atoms with van der Waals surface area (Å²) in [6, 6.07) is 5.34. The van der Waals surface area contributed by atoms with Gasteiger partial charge in [-0.1, -0.05) is 0 Å². The van der Waals surface area contributed by atoms with E-state index in [1.54, 1.807) is 19.1 Å². The van der Waals surface area contributed by atoms with Crippen LogP contribution in [0.15, 0.2) is 18.2 Å². The Hall–Kier alpha value is -1.88. The molecule has 2 aliphatic carbocycles. The van der Waals surface area contributed by atoms with Crippen LogP contribution < -0.4 is 11.1 Å². The third kappa shape index (κ3) is 1.87. The highest BCUT2D eigenvalue weighted by atomic mass is 19.1. The first-order valence-electron chi connectivity index (χ1n) is 7.33. The molecule has 1 aromatic carbocycles. The lowest BCUT2D eigenvalue weighted by molar-refractivity contribution is 0.0869. The van der Waals surface area contributed by atoms with Gasteiger partial charge in [0, 0.05) is 23.0 Å². The van der Waals surface area contributed by atoms with E-state index in [1.165, 1.54) is 6.07 Å². The number of nitrogens with one attached hydrogen (secondary N) is 2. The molecule has 0 bridgehead atoms. The fourth-order valence-corrected chi connectivity index (χ4v) is 3.58. The molecule has 5 heteroatoms. The van der Waals surface area contributed by atoms with Crippen LogP contribution in [0.1, 0.15) is 35.3 Å². The molecule has 0 aliphatic heterocycles. The quantitative estimate of drug-likeness (QED) is 0.792. The molecule has 2 aromatic rings. The van der Waals surface area contributed by atoms with E-state index in [-0.39, 0.29) is 17.8 Å². The van der Waals surface area contributed by atoms with E-state index < -0.39 is 0 Å². The number of fused-ring (bicyclic) bond motifs is 1. The maximum Gasteiger partial charge on any atom is 0.267 e. The number of benzene rings is 1. The number of carbonyl (C=O) groups is 1. The minimum absolute atomic E-state index is 0.125. The number of hydrogen-bond acceptors (Lipinski definition) is 2. The topological polar surface area (TPSA) is 70.9 Å². The van der Waals surface area contributed by atoms with Crippen molar-refractivity contribution in [3.05, 3.63) is 35.3 Å². The predicted octanol–water partition coefficient (Wildman–Crippen LogP) is 2.23. The Morgan fingerprint density at radius 1 is 1.43 bits per heavy atom. The number of hydrogen-bond donors (Lipinski definition) is 3. The van der Waals surface area contributed by atoms with Gasteiger partial charge in [0.1, 0.15) is 11.5 Å². The maximum atomic E-state index is 13.5. The van der Waals surface area contributed by atoms with Gasteiger partial charge in [-0.2, -0.15) is 0 Å². The number of aromatic amines is 1. The van der Waals surface area contributed by atoms with Crippen LogP contribution in [-0.2, 0) is 0 Å². The molecule has 2 fully saturated rings. The molecule has 1 aromatic heterocycles. The van der Waals surface area contributed by atoms with Gasteiger partial charge in [-0.15, -0.1) is 0 Å². The zero-order valence-corrected chi connectivity index (χ0v) is 11.9. The summed E-state index contributed by atoms with van der Waals surface area (Å²) in [5, 5.41) is 3.78. The second-order valence-electron chi connectivity index (χ2n) is 6.57. The Bertz CT molecular complexity index is 745. The van der Waals surface area contributed by atoms with Gasteiger partial charge >= 0.3 is 0 Å². The Labute approximate surface area is 121 Å². The molecular formula is C16H18FN3O.